The first-order chi connectivity index (χ1) is 15.6. The Hall–Kier alpha value is -2.19. The Kier molecular flexibility index (Phi) is 7.63. The zero-order valence-corrected chi connectivity index (χ0v) is 20.8. The Balaban J connectivity index is 1.57. The number of benzene rings is 2. The molecule has 0 aliphatic heterocycles. The maximum absolute atomic E-state index is 6.35. The van der Waals surface area contributed by atoms with Crippen LogP contribution in [0.2, 0.25) is 5.02 Å². The minimum Gasteiger partial charge on any atom is -0.300 e. The van der Waals surface area contributed by atoms with Crippen LogP contribution < -0.4 is 0 Å². The molecule has 0 aliphatic carbocycles. The van der Waals surface area contributed by atoms with Crippen molar-refractivity contribution in [1.29, 1.82) is 0 Å². The second kappa shape index (κ2) is 10.6. The van der Waals surface area contributed by atoms with Crippen LogP contribution in [0.4, 0.5) is 0 Å². The standard InChI is InChI=1S/C24H26ClN5S2/c1-4-21(29(2)3)22-27-28-24(30(22)14-17-10-6-5-7-11-17)32-16-18-15-31-23(26-18)19-12-8-9-13-20(19)25/h5-13,15,21H,4,14,16H2,1-3H3. The summed E-state index contributed by atoms with van der Waals surface area (Å²) >= 11 is 9.64. The van der Waals surface area contributed by atoms with E-state index >= 15 is 0 Å². The van der Waals surface area contributed by atoms with Crippen LogP contribution in [0.3, 0.4) is 0 Å². The molecule has 8 heteroatoms. The normalized spacial score (nSPS) is 12.4. The summed E-state index contributed by atoms with van der Waals surface area (Å²) in [5, 5.41) is 13.8. The summed E-state index contributed by atoms with van der Waals surface area (Å²) in [7, 11) is 4.18. The third kappa shape index (κ3) is 5.23. The number of hydrogen-bond donors (Lipinski definition) is 0. The molecule has 0 amide bonds. The molecule has 2 aromatic carbocycles. The minimum absolute atomic E-state index is 0.214. The first-order valence-corrected chi connectivity index (χ1v) is 12.8. The lowest BCUT2D eigenvalue weighted by Gasteiger charge is -2.23. The molecule has 32 heavy (non-hydrogen) atoms. The molecule has 0 aliphatic rings. The Bertz CT molecular complexity index is 1160. The molecule has 5 nitrogen and oxygen atoms in total. The minimum atomic E-state index is 0.214. The molecule has 4 aromatic rings. The molecule has 4 rings (SSSR count). The van der Waals surface area contributed by atoms with E-state index in [9.17, 15) is 0 Å². The number of thiazole rings is 1. The number of hydrogen-bond acceptors (Lipinski definition) is 6. The Morgan fingerprint density at radius 2 is 1.81 bits per heavy atom. The van der Waals surface area contributed by atoms with Crippen molar-refractivity contribution < 1.29 is 0 Å². The van der Waals surface area contributed by atoms with Crippen molar-refractivity contribution in [2.24, 2.45) is 0 Å². The van der Waals surface area contributed by atoms with Crippen molar-refractivity contribution in [3.05, 3.63) is 82.1 Å². The predicted molar refractivity (Wildman–Crippen MR) is 134 cm³/mol. The van der Waals surface area contributed by atoms with Gasteiger partial charge < -0.3 is 4.57 Å². The topological polar surface area (TPSA) is 46.8 Å². The first-order valence-electron chi connectivity index (χ1n) is 10.5. The van der Waals surface area contributed by atoms with Gasteiger partial charge in [0.05, 0.1) is 23.3 Å². The summed E-state index contributed by atoms with van der Waals surface area (Å²) in [6.07, 6.45) is 0.970. The molecule has 166 valence electrons. The van der Waals surface area contributed by atoms with Gasteiger partial charge in [0.1, 0.15) is 5.01 Å². The van der Waals surface area contributed by atoms with Gasteiger partial charge in [-0.3, -0.25) is 4.90 Å². The molecule has 1 atom stereocenters. The summed E-state index contributed by atoms with van der Waals surface area (Å²) in [6, 6.07) is 18.5. The highest BCUT2D eigenvalue weighted by Gasteiger charge is 2.22. The van der Waals surface area contributed by atoms with Gasteiger partial charge in [-0.15, -0.1) is 21.5 Å². The molecule has 0 bridgehead atoms. The molecular formula is C24H26ClN5S2. The van der Waals surface area contributed by atoms with E-state index in [1.807, 2.05) is 30.3 Å². The molecule has 1 unspecified atom stereocenters. The third-order valence-corrected chi connectivity index (χ3v) is 7.50. The summed E-state index contributed by atoms with van der Waals surface area (Å²) in [5.41, 5.74) is 3.23. The van der Waals surface area contributed by atoms with E-state index in [1.54, 1.807) is 23.1 Å². The highest BCUT2D eigenvalue weighted by Crippen LogP contribution is 2.32. The van der Waals surface area contributed by atoms with Crippen molar-refractivity contribution in [1.82, 2.24) is 24.6 Å². The van der Waals surface area contributed by atoms with E-state index in [-0.39, 0.29) is 6.04 Å². The number of nitrogens with zero attached hydrogens (tertiary/aromatic N) is 5. The smallest absolute Gasteiger partial charge is 0.191 e. The van der Waals surface area contributed by atoms with Crippen molar-refractivity contribution >= 4 is 34.7 Å². The van der Waals surface area contributed by atoms with Crippen molar-refractivity contribution in [3.8, 4) is 10.6 Å². The molecular weight excluding hydrogens is 458 g/mol. The highest BCUT2D eigenvalue weighted by atomic mass is 35.5. The number of halogens is 1. The highest BCUT2D eigenvalue weighted by molar-refractivity contribution is 7.98. The average molecular weight is 484 g/mol. The second-order valence-electron chi connectivity index (χ2n) is 7.71. The Morgan fingerprint density at radius 3 is 2.53 bits per heavy atom. The van der Waals surface area contributed by atoms with Crippen LogP contribution in [0.15, 0.2) is 65.1 Å². The molecule has 0 saturated heterocycles. The maximum atomic E-state index is 6.35. The zero-order valence-electron chi connectivity index (χ0n) is 18.4. The molecule has 2 aromatic heterocycles. The van der Waals surface area contributed by atoms with Gasteiger partial charge in [-0.25, -0.2) is 4.98 Å². The van der Waals surface area contributed by atoms with Crippen molar-refractivity contribution in [3.63, 3.8) is 0 Å². The van der Waals surface area contributed by atoms with E-state index in [0.717, 1.165) is 51.0 Å². The van der Waals surface area contributed by atoms with E-state index < -0.39 is 0 Å². The Morgan fingerprint density at radius 1 is 1.06 bits per heavy atom. The summed E-state index contributed by atoms with van der Waals surface area (Å²) in [6.45, 7) is 2.93. The van der Waals surface area contributed by atoms with Gasteiger partial charge in [-0.1, -0.05) is 78.8 Å². The number of aromatic nitrogens is 4. The van der Waals surface area contributed by atoms with E-state index in [4.69, 9.17) is 16.6 Å². The van der Waals surface area contributed by atoms with Crippen LogP contribution >= 0.6 is 34.7 Å². The second-order valence-corrected chi connectivity index (χ2v) is 9.92. The summed E-state index contributed by atoms with van der Waals surface area (Å²) in [4.78, 5) is 7.01. The van der Waals surface area contributed by atoms with Crippen LogP contribution in [0, 0.1) is 0 Å². The predicted octanol–water partition coefficient (Wildman–Crippen LogP) is 6.41. The van der Waals surface area contributed by atoms with Gasteiger partial charge >= 0.3 is 0 Å². The van der Waals surface area contributed by atoms with E-state index in [0.29, 0.717) is 0 Å². The third-order valence-electron chi connectivity index (χ3n) is 5.24. The Labute approximate surface area is 202 Å². The maximum Gasteiger partial charge on any atom is 0.191 e. The van der Waals surface area contributed by atoms with Crippen molar-refractivity contribution in [2.75, 3.05) is 14.1 Å². The lowest BCUT2D eigenvalue weighted by molar-refractivity contribution is 0.272. The fraction of sp³-hybridized carbons (Fsp3) is 0.292. The monoisotopic (exact) mass is 483 g/mol. The van der Waals surface area contributed by atoms with Crippen molar-refractivity contribution in [2.45, 2.75) is 36.8 Å². The molecule has 0 spiro atoms. The molecule has 0 fully saturated rings. The van der Waals surface area contributed by atoms with Crippen LogP contribution in [0.25, 0.3) is 10.6 Å². The molecule has 0 saturated carbocycles. The van der Waals surface area contributed by atoms with Gasteiger partial charge in [-0.05, 0) is 32.1 Å². The van der Waals surface area contributed by atoms with Crippen LogP contribution in [-0.2, 0) is 12.3 Å². The fourth-order valence-corrected chi connectivity index (χ4v) is 5.70. The lowest BCUT2D eigenvalue weighted by Crippen LogP contribution is -2.23. The summed E-state index contributed by atoms with van der Waals surface area (Å²) < 4.78 is 2.25. The van der Waals surface area contributed by atoms with Gasteiger partial charge in [0, 0.05) is 16.7 Å². The number of rotatable bonds is 9. The first kappa shape index (κ1) is 23.0. The quantitative estimate of drug-likeness (QED) is 0.257. The van der Waals surface area contributed by atoms with Gasteiger partial charge in [0.15, 0.2) is 11.0 Å². The largest absolute Gasteiger partial charge is 0.300 e. The lowest BCUT2D eigenvalue weighted by atomic mass is 10.2. The van der Waals surface area contributed by atoms with Crippen LogP contribution in [-0.4, -0.2) is 38.7 Å². The van der Waals surface area contributed by atoms with Gasteiger partial charge in [-0.2, -0.15) is 0 Å². The molecule has 2 heterocycles. The number of thioether (sulfide) groups is 1. The fourth-order valence-electron chi connectivity index (χ4n) is 3.62. The van der Waals surface area contributed by atoms with Crippen LogP contribution in [0.1, 0.15) is 36.5 Å². The van der Waals surface area contributed by atoms with E-state index in [2.05, 4.69) is 70.3 Å². The summed E-state index contributed by atoms with van der Waals surface area (Å²) in [5.74, 6) is 1.73. The van der Waals surface area contributed by atoms with Gasteiger partial charge in [0.2, 0.25) is 0 Å². The SMILES string of the molecule is CCC(c1nnc(SCc2csc(-c3ccccc3Cl)n2)n1Cc1ccccc1)N(C)C. The molecule has 0 N–H and O–H groups in total. The zero-order chi connectivity index (χ0) is 22.5. The molecule has 0 radical (unpaired) electrons. The van der Waals surface area contributed by atoms with E-state index in [1.165, 1.54) is 5.56 Å². The van der Waals surface area contributed by atoms with Gasteiger partial charge in [0.25, 0.3) is 0 Å². The average Bonchev–Trinajstić information content (AvgIpc) is 3.41. The van der Waals surface area contributed by atoms with Crippen LogP contribution in [0.5, 0.6) is 0 Å².